The lowest BCUT2D eigenvalue weighted by atomic mass is 10.0. The second-order valence-electron chi connectivity index (χ2n) is 8.22. The molecule has 8 N–H and O–H groups in total. The Balaban J connectivity index is 2.05. The number of nitrogens with one attached hydrogen (secondary N) is 4. The average Bonchev–Trinajstić information content (AvgIpc) is 3.22. The van der Waals surface area contributed by atoms with Crippen molar-refractivity contribution in [2.24, 2.45) is 11.7 Å². The molecule has 2 rings (SSSR count). The van der Waals surface area contributed by atoms with Crippen molar-refractivity contribution in [2.45, 2.75) is 44.4 Å². The summed E-state index contributed by atoms with van der Waals surface area (Å²) in [6.45, 7) is 2.74. The number of nitrogens with two attached hydrogens (primary N) is 1. The monoisotopic (exact) mass is 493 g/mol. The minimum Gasteiger partial charge on any atom is -0.480 e. The van der Waals surface area contributed by atoms with Crippen LogP contribution in [0.5, 0.6) is 0 Å². The number of carbonyl (C=O) groups is 4. The van der Waals surface area contributed by atoms with Crippen LogP contribution in [0.2, 0.25) is 0 Å². The number of hydrogen-bond donors (Lipinski definition) is 8. The van der Waals surface area contributed by atoms with Crippen LogP contribution in [0.1, 0.15) is 19.4 Å². The summed E-state index contributed by atoms with van der Waals surface area (Å²) in [5.74, 6) is -3.80. The molecule has 1 aromatic carbocycles. The standard InChI is InChI=1S/C22H31N5O6S/c1-11(2)18(23)21(31)26-16(9-28)19(29)27-17(10-34)20(30)25-15(22(32)33)7-12-8-24-14-6-4-3-5-13(12)14/h3-6,8,11,15-18,24,28,34H,7,9-10,23H2,1-2H3,(H,25,30)(H,26,31)(H,27,29)(H,32,33). The van der Waals surface area contributed by atoms with Crippen LogP contribution < -0.4 is 21.7 Å². The number of aliphatic hydroxyl groups is 1. The molecule has 2 aromatic rings. The van der Waals surface area contributed by atoms with Crippen molar-refractivity contribution in [2.75, 3.05) is 12.4 Å². The minimum absolute atomic E-state index is 0.0146. The molecule has 186 valence electrons. The summed E-state index contributed by atoms with van der Waals surface area (Å²) in [4.78, 5) is 52.2. The first kappa shape index (κ1) is 27.2. The molecule has 0 fully saturated rings. The minimum atomic E-state index is -1.34. The van der Waals surface area contributed by atoms with E-state index in [2.05, 4.69) is 33.6 Å². The SMILES string of the molecule is CC(C)C(N)C(=O)NC(CO)C(=O)NC(CS)C(=O)NC(Cc1c[nH]c2ccccc12)C(=O)O. The molecule has 0 saturated heterocycles. The van der Waals surface area contributed by atoms with E-state index in [1.165, 1.54) is 0 Å². The van der Waals surface area contributed by atoms with E-state index in [0.29, 0.717) is 5.56 Å². The van der Waals surface area contributed by atoms with Gasteiger partial charge in [0.05, 0.1) is 12.6 Å². The van der Waals surface area contributed by atoms with E-state index in [9.17, 15) is 29.4 Å². The van der Waals surface area contributed by atoms with Crippen LogP contribution in [0.3, 0.4) is 0 Å². The zero-order valence-corrected chi connectivity index (χ0v) is 19.8. The van der Waals surface area contributed by atoms with E-state index in [-0.39, 0.29) is 18.1 Å². The highest BCUT2D eigenvalue weighted by molar-refractivity contribution is 7.80. The highest BCUT2D eigenvalue weighted by Gasteiger charge is 2.30. The Morgan fingerprint density at radius 1 is 1.00 bits per heavy atom. The van der Waals surface area contributed by atoms with E-state index in [4.69, 9.17) is 5.73 Å². The topological polar surface area (TPSA) is 187 Å². The van der Waals surface area contributed by atoms with Gasteiger partial charge in [-0.1, -0.05) is 32.0 Å². The van der Waals surface area contributed by atoms with Gasteiger partial charge < -0.3 is 36.9 Å². The van der Waals surface area contributed by atoms with Crippen molar-refractivity contribution in [3.05, 3.63) is 36.0 Å². The molecule has 1 aromatic heterocycles. The molecule has 1 heterocycles. The van der Waals surface area contributed by atoms with Crippen molar-refractivity contribution in [1.82, 2.24) is 20.9 Å². The number of aromatic amines is 1. The van der Waals surface area contributed by atoms with Gasteiger partial charge in [-0.25, -0.2) is 4.79 Å². The van der Waals surface area contributed by atoms with Crippen molar-refractivity contribution in [3.8, 4) is 0 Å². The number of H-pyrrole nitrogens is 1. The lowest BCUT2D eigenvalue weighted by Crippen LogP contribution is -2.59. The van der Waals surface area contributed by atoms with Crippen LogP contribution in [0.15, 0.2) is 30.5 Å². The molecule has 34 heavy (non-hydrogen) atoms. The number of carboxylic acid groups (broad SMARTS) is 1. The highest BCUT2D eigenvalue weighted by Crippen LogP contribution is 2.19. The smallest absolute Gasteiger partial charge is 0.326 e. The lowest BCUT2D eigenvalue weighted by Gasteiger charge is -2.24. The number of aliphatic hydroxyl groups excluding tert-OH is 1. The van der Waals surface area contributed by atoms with Gasteiger partial charge in [-0.3, -0.25) is 14.4 Å². The fourth-order valence-electron chi connectivity index (χ4n) is 3.22. The molecule has 11 nitrogen and oxygen atoms in total. The number of aliphatic carboxylic acids is 1. The van der Waals surface area contributed by atoms with E-state index in [0.717, 1.165) is 10.9 Å². The molecular weight excluding hydrogens is 462 g/mol. The van der Waals surface area contributed by atoms with E-state index in [1.54, 1.807) is 20.0 Å². The van der Waals surface area contributed by atoms with Crippen molar-refractivity contribution in [1.29, 1.82) is 0 Å². The number of hydrogen-bond acceptors (Lipinski definition) is 7. The van der Waals surface area contributed by atoms with Gasteiger partial charge in [0.25, 0.3) is 0 Å². The summed E-state index contributed by atoms with van der Waals surface area (Å²) in [6.07, 6.45) is 1.70. The molecule has 0 aliphatic carbocycles. The van der Waals surface area contributed by atoms with Crippen LogP contribution in [0.25, 0.3) is 10.9 Å². The summed E-state index contributed by atoms with van der Waals surface area (Å²) in [5, 5.41) is 27.1. The van der Waals surface area contributed by atoms with Gasteiger partial charge in [-0.05, 0) is 17.5 Å². The summed E-state index contributed by atoms with van der Waals surface area (Å²) in [7, 11) is 0. The molecule has 0 radical (unpaired) electrons. The quantitative estimate of drug-likeness (QED) is 0.177. The van der Waals surface area contributed by atoms with E-state index < -0.39 is 54.5 Å². The molecule has 4 unspecified atom stereocenters. The van der Waals surface area contributed by atoms with E-state index in [1.807, 2.05) is 24.3 Å². The molecule has 0 bridgehead atoms. The fourth-order valence-corrected chi connectivity index (χ4v) is 3.48. The predicted octanol–water partition coefficient (Wildman–Crippen LogP) is -0.845. The van der Waals surface area contributed by atoms with Gasteiger partial charge in [-0.2, -0.15) is 12.6 Å². The molecule has 0 aliphatic heterocycles. The highest BCUT2D eigenvalue weighted by atomic mass is 32.1. The fraction of sp³-hybridized carbons (Fsp3) is 0.455. The lowest BCUT2D eigenvalue weighted by molar-refractivity contribution is -0.142. The van der Waals surface area contributed by atoms with Crippen LogP contribution >= 0.6 is 12.6 Å². The third-order valence-corrected chi connectivity index (χ3v) is 5.73. The van der Waals surface area contributed by atoms with Crippen LogP contribution in [-0.2, 0) is 25.6 Å². The Labute approximate surface area is 202 Å². The summed E-state index contributed by atoms with van der Waals surface area (Å²) >= 11 is 4.07. The van der Waals surface area contributed by atoms with Crippen LogP contribution in [0, 0.1) is 5.92 Å². The number of amides is 3. The zero-order chi connectivity index (χ0) is 25.4. The van der Waals surface area contributed by atoms with Gasteiger partial charge in [0.1, 0.15) is 18.1 Å². The molecule has 0 saturated carbocycles. The van der Waals surface area contributed by atoms with Crippen molar-refractivity contribution in [3.63, 3.8) is 0 Å². The molecule has 4 atom stereocenters. The Bertz CT molecular complexity index is 1030. The average molecular weight is 494 g/mol. The first-order valence-electron chi connectivity index (χ1n) is 10.7. The van der Waals surface area contributed by atoms with Gasteiger partial charge in [0, 0.05) is 29.3 Å². The largest absolute Gasteiger partial charge is 0.480 e. The molecule has 12 heteroatoms. The Morgan fingerprint density at radius 3 is 2.18 bits per heavy atom. The zero-order valence-electron chi connectivity index (χ0n) is 18.9. The van der Waals surface area contributed by atoms with Crippen LogP contribution in [-0.4, -0.2) is 75.4 Å². The number of aromatic nitrogens is 1. The number of fused-ring (bicyclic) bond motifs is 1. The molecule has 0 spiro atoms. The maximum absolute atomic E-state index is 12.7. The summed E-state index contributed by atoms with van der Waals surface area (Å²) in [6, 6.07) is 2.68. The number of carboxylic acids is 1. The van der Waals surface area contributed by atoms with E-state index >= 15 is 0 Å². The second-order valence-corrected chi connectivity index (χ2v) is 8.59. The van der Waals surface area contributed by atoms with Gasteiger partial charge in [0.15, 0.2) is 0 Å². The Morgan fingerprint density at radius 2 is 1.59 bits per heavy atom. The normalized spacial score (nSPS) is 14.8. The Hall–Kier alpha value is -3.09. The molecule has 3 amide bonds. The summed E-state index contributed by atoms with van der Waals surface area (Å²) < 4.78 is 0. The van der Waals surface area contributed by atoms with Crippen molar-refractivity contribution < 1.29 is 29.4 Å². The third-order valence-electron chi connectivity index (χ3n) is 5.37. The number of para-hydroxylation sites is 1. The van der Waals surface area contributed by atoms with Crippen LogP contribution in [0.4, 0.5) is 0 Å². The maximum Gasteiger partial charge on any atom is 0.326 e. The second kappa shape index (κ2) is 12.4. The first-order chi connectivity index (χ1) is 16.1. The van der Waals surface area contributed by atoms with Gasteiger partial charge >= 0.3 is 5.97 Å². The number of benzene rings is 1. The Kier molecular flexibility index (Phi) is 9.90. The summed E-state index contributed by atoms with van der Waals surface area (Å²) in [5.41, 5.74) is 7.30. The van der Waals surface area contributed by atoms with Gasteiger partial charge in [0.2, 0.25) is 17.7 Å². The third kappa shape index (κ3) is 6.95. The maximum atomic E-state index is 12.7. The number of rotatable bonds is 12. The molecule has 0 aliphatic rings. The van der Waals surface area contributed by atoms with Crippen molar-refractivity contribution >= 4 is 47.2 Å². The van der Waals surface area contributed by atoms with Gasteiger partial charge in [-0.15, -0.1) is 0 Å². The molecular formula is C22H31N5O6S. The number of carbonyl (C=O) groups excluding carboxylic acids is 3. The predicted molar refractivity (Wildman–Crippen MR) is 129 cm³/mol. The number of thiol groups is 1. The first-order valence-corrected chi connectivity index (χ1v) is 11.4.